The van der Waals surface area contributed by atoms with Gasteiger partial charge in [-0.3, -0.25) is 0 Å². The third-order valence-electron chi connectivity index (χ3n) is 1.34. The van der Waals surface area contributed by atoms with Crippen molar-refractivity contribution in [3.05, 3.63) is 18.3 Å². The Bertz CT molecular complexity index is 198. The Labute approximate surface area is 53.1 Å². The molecule has 1 aliphatic rings. The molecule has 0 aliphatic carbocycles. The molecule has 0 amide bonds. The predicted molar refractivity (Wildman–Crippen MR) is 36.3 cm³/mol. The van der Waals surface area contributed by atoms with Crippen LogP contribution in [0.2, 0.25) is 0 Å². The minimum absolute atomic E-state index is 0.798. The minimum Gasteiger partial charge on any atom is -0.365 e. The second kappa shape index (κ2) is 1.62. The summed E-state index contributed by atoms with van der Waals surface area (Å²) >= 11 is 0. The van der Waals surface area contributed by atoms with E-state index < -0.39 is 0 Å². The molecule has 3 heteroatoms. The summed E-state index contributed by atoms with van der Waals surface area (Å²) in [7, 11) is 0. The van der Waals surface area contributed by atoms with Gasteiger partial charge in [-0.05, 0) is 12.1 Å². The summed E-state index contributed by atoms with van der Waals surface area (Å²) in [5.41, 5.74) is 1.09. The van der Waals surface area contributed by atoms with E-state index in [0.29, 0.717) is 0 Å². The van der Waals surface area contributed by atoms with Crippen molar-refractivity contribution in [1.82, 2.24) is 4.98 Å². The van der Waals surface area contributed by atoms with Crippen molar-refractivity contribution in [3.63, 3.8) is 0 Å². The molecule has 0 spiro atoms. The summed E-state index contributed by atoms with van der Waals surface area (Å²) in [4.78, 5) is 4.09. The van der Waals surface area contributed by atoms with Crippen molar-refractivity contribution >= 4 is 11.5 Å². The molecule has 1 aromatic heterocycles. The van der Waals surface area contributed by atoms with E-state index in [9.17, 15) is 0 Å². The lowest BCUT2D eigenvalue weighted by atomic mass is 10.4. The maximum Gasteiger partial charge on any atom is 0.150 e. The second-order valence-electron chi connectivity index (χ2n) is 1.93. The molecular formula is C6H7N3. The summed E-state index contributed by atoms with van der Waals surface area (Å²) in [5, 5.41) is 6.20. The highest BCUT2D eigenvalue weighted by atomic mass is 15.2. The maximum atomic E-state index is 4.09. The summed E-state index contributed by atoms with van der Waals surface area (Å²) < 4.78 is 0. The number of fused-ring (bicyclic) bond motifs is 1. The minimum atomic E-state index is 0.798. The number of aromatic nitrogens is 1. The first-order valence-electron chi connectivity index (χ1n) is 2.89. The number of pyridine rings is 1. The van der Waals surface area contributed by atoms with Gasteiger partial charge in [0.2, 0.25) is 0 Å². The lowest BCUT2D eigenvalue weighted by Gasteiger charge is -1.92. The van der Waals surface area contributed by atoms with Crippen molar-refractivity contribution in [1.29, 1.82) is 0 Å². The second-order valence-corrected chi connectivity index (χ2v) is 1.93. The van der Waals surface area contributed by atoms with Gasteiger partial charge in [0.05, 0.1) is 12.4 Å². The molecule has 46 valence electrons. The Morgan fingerprint density at radius 1 is 1.44 bits per heavy atom. The summed E-state index contributed by atoms with van der Waals surface area (Å²) in [6.07, 6.45) is 1.78. The van der Waals surface area contributed by atoms with Gasteiger partial charge in [-0.2, -0.15) is 0 Å². The molecule has 0 saturated heterocycles. The van der Waals surface area contributed by atoms with Crippen molar-refractivity contribution in [2.24, 2.45) is 0 Å². The molecule has 0 saturated carbocycles. The first kappa shape index (κ1) is 4.61. The zero-order valence-electron chi connectivity index (χ0n) is 4.89. The first-order valence-corrected chi connectivity index (χ1v) is 2.89. The molecule has 9 heavy (non-hydrogen) atoms. The fourth-order valence-corrected chi connectivity index (χ4v) is 0.912. The van der Waals surface area contributed by atoms with Gasteiger partial charge in [-0.25, -0.2) is 4.98 Å². The Kier molecular flexibility index (Phi) is 0.828. The van der Waals surface area contributed by atoms with Gasteiger partial charge in [0.1, 0.15) is 0 Å². The Morgan fingerprint density at radius 3 is 3.33 bits per heavy atom. The molecule has 3 nitrogen and oxygen atoms in total. The van der Waals surface area contributed by atoms with Gasteiger partial charge in [-0.1, -0.05) is 0 Å². The van der Waals surface area contributed by atoms with Crippen molar-refractivity contribution in [2.45, 2.75) is 0 Å². The van der Waals surface area contributed by atoms with E-state index in [1.807, 2.05) is 12.1 Å². The summed E-state index contributed by atoms with van der Waals surface area (Å²) in [6.45, 7) is 0.798. The van der Waals surface area contributed by atoms with E-state index in [1.165, 1.54) is 0 Å². The van der Waals surface area contributed by atoms with E-state index >= 15 is 0 Å². The van der Waals surface area contributed by atoms with Crippen molar-refractivity contribution in [2.75, 3.05) is 17.3 Å². The Hall–Kier alpha value is -1.25. The zero-order valence-corrected chi connectivity index (χ0v) is 4.89. The lowest BCUT2D eigenvalue weighted by Crippen LogP contribution is -1.99. The number of nitrogens with zero attached hydrogens (tertiary/aromatic N) is 1. The first-order chi connectivity index (χ1) is 4.47. The Balaban J connectivity index is 2.54. The topological polar surface area (TPSA) is 37.0 Å². The number of hydrogen-bond donors (Lipinski definition) is 2. The monoisotopic (exact) mass is 121 g/mol. The average Bonchev–Trinajstić information content (AvgIpc) is 2.33. The smallest absolute Gasteiger partial charge is 0.150 e. The summed E-state index contributed by atoms with van der Waals surface area (Å²) in [6, 6.07) is 3.92. The molecule has 1 aliphatic heterocycles. The maximum absolute atomic E-state index is 4.09. The zero-order chi connectivity index (χ0) is 6.10. The molecule has 0 fully saturated rings. The van der Waals surface area contributed by atoms with E-state index in [-0.39, 0.29) is 0 Å². The van der Waals surface area contributed by atoms with Crippen LogP contribution in [0.5, 0.6) is 0 Å². The molecule has 0 aromatic carbocycles. The van der Waals surface area contributed by atoms with Gasteiger partial charge < -0.3 is 10.6 Å². The highest BCUT2D eigenvalue weighted by Gasteiger charge is 2.06. The van der Waals surface area contributed by atoms with Gasteiger partial charge >= 0.3 is 0 Å². The third kappa shape index (κ3) is 0.614. The van der Waals surface area contributed by atoms with Crippen LogP contribution in [-0.4, -0.2) is 11.7 Å². The number of hydrogen-bond acceptors (Lipinski definition) is 3. The molecule has 1 aromatic rings. The van der Waals surface area contributed by atoms with Gasteiger partial charge in [0.25, 0.3) is 0 Å². The highest BCUT2D eigenvalue weighted by molar-refractivity contribution is 5.68. The van der Waals surface area contributed by atoms with E-state index in [4.69, 9.17) is 0 Å². The quantitative estimate of drug-likeness (QED) is 0.535. The largest absolute Gasteiger partial charge is 0.365 e. The molecular weight excluding hydrogens is 114 g/mol. The van der Waals surface area contributed by atoms with Crippen LogP contribution in [0, 0.1) is 0 Å². The van der Waals surface area contributed by atoms with Gasteiger partial charge in [0.15, 0.2) is 5.82 Å². The highest BCUT2D eigenvalue weighted by Crippen LogP contribution is 2.20. The lowest BCUT2D eigenvalue weighted by molar-refractivity contribution is 1.27. The van der Waals surface area contributed by atoms with E-state index in [0.717, 1.165) is 18.2 Å². The fraction of sp³-hybridized carbons (Fsp3) is 0.167. The van der Waals surface area contributed by atoms with Crippen LogP contribution >= 0.6 is 0 Å². The van der Waals surface area contributed by atoms with Gasteiger partial charge in [-0.15, -0.1) is 0 Å². The van der Waals surface area contributed by atoms with E-state index in [2.05, 4.69) is 15.6 Å². The van der Waals surface area contributed by atoms with Crippen molar-refractivity contribution < 1.29 is 0 Å². The van der Waals surface area contributed by atoms with Crippen LogP contribution in [0.3, 0.4) is 0 Å². The molecule has 0 unspecified atom stereocenters. The fourth-order valence-electron chi connectivity index (χ4n) is 0.912. The molecule has 0 atom stereocenters. The predicted octanol–water partition coefficient (Wildman–Crippen LogP) is 0.876. The molecule has 2 N–H and O–H groups in total. The standard InChI is InChI=1S/C6H7N3/c1-2-5-6(7-3-1)9-4-8-5/h1-3,8H,4H2,(H,7,9). The number of rotatable bonds is 0. The number of nitrogens with one attached hydrogen (secondary N) is 2. The van der Waals surface area contributed by atoms with Gasteiger partial charge in [0, 0.05) is 6.20 Å². The number of anilines is 2. The molecule has 2 heterocycles. The molecule has 2 rings (SSSR count). The molecule has 0 bridgehead atoms. The SMILES string of the molecule is c1cnc2c(c1)NCN2. The van der Waals surface area contributed by atoms with Crippen LogP contribution in [0.4, 0.5) is 11.5 Å². The van der Waals surface area contributed by atoms with Crippen molar-refractivity contribution in [3.8, 4) is 0 Å². The van der Waals surface area contributed by atoms with Crippen LogP contribution in [0.1, 0.15) is 0 Å². The van der Waals surface area contributed by atoms with Crippen LogP contribution < -0.4 is 10.6 Å². The molecule has 0 radical (unpaired) electrons. The third-order valence-corrected chi connectivity index (χ3v) is 1.34. The average molecular weight is 121 g/mol. The van der Waals surface area contributed by atoms with E-state index in [1.54, 1.807) is 6.20 Å². The van der Waals surface area contributed by atoms with Crippen LogP contribution in [0.25, 0.3) is 0 Å². The Morgan fingerprint density at radius 2 is 2.44 bits per heavy atom. The summed E-state index contributed by atoms with van der Waals surface area (Å²) in [5.74, 6) is 0.956. The normalized spacial score (nSPS) is 13.8. The van der Waals surface area contributed by atoms with Crippen LogP contribution in [-0.2, 0) is 0 Å². The van der Waals surface area contributed by atoms with Crippen LogP contribution in [0.15, 0.2) is 18.3 Å².